The summed E-state index contributed by atoms with van der Waals surface area (Å²) in [4.78, 5) is 26.4. The first kappa shape index (κ1) is 20.3. The zero-order valence-corrected chi connectivity index (χ0v) is 16.6. The van der Waals surface area contributed by atoms with E-state index in [1.807, 2.05) is 19.9 Å². The van der Waals surface area contributed by atoms with Crippen molar-refractivity contribution in [2.75, 3.05) is 19.7 Å². The first-order valence-electron chi connectivity index (χ1n) is 9.56. The van der Waals surface area contributed by atoms with Crippen LogP contribution in [0.2, 0.25) is 0 Å². The van der Waals surface area contributed by atoms with Crippen molar-refractivity contribution in [3.05, 3.63) is 29.3 Å². The van der Waals surface area contributed by atoms with E-state index >= 15 is 0 Å². The average Bonchev–Trinajstić information content (AvgIpc) is 2.61. The minimum atomic E-state index is -0.548. The van der Waals surface area contributed by atoms with Crippen molar-refractivity contribution in [3.63, 3.8) is 0 Å². The Morgan fingerprint density at radius 2 is 1.85 bits per heavy atom. The molecule has 0 aromatic heterocycles. The second-order valence-electron chi connectivity index (χ2n) is 7.31. The van der Waals surface area contributed by atoms with Gasteiger partial charge in [0.15, 0.2) is 6.10 Å². The summed E-state index contributed by atoms with van der Waals surface area (Å²) < 4.78 is 11.1. The van der Waals surface area contributed by atoms with Crippen LogP contribution in [-0.4, -0.2) is 42.6 Å². The predicted molar refractivity (Wildman–Crippen MR) is 101 cm³/mol. The summed E-state index contributed by atoms with van der Waals surface area (Å²) in [5, 5.41) is 0. The van der Waals surface area contributed by atoms with E-state index in [-0.39, 0.29) is 17.8 Å². The highest BCUT2D eigenvalue weighted by Crippen LogP contribution is 2.29. The third-order valence-electron chi connectivity index (χ3n) is 4.87. The lowest BCUT2D eigenvalue weighted by molar-refractivity contribution is -0.152. The molecule has 1 amide bonds. The van der Waals surface area contributed by atoms with Gasteiger partial charge in [0.2, 0.25) is 0 Å². The lowest BCUT2D eigenvalue weighted by atomic mass is 9.96. The summed E-state index contributed by atoms with van der Waals surface area (Å²) in [6, 6.07) is 6.12. The smallest absolute Gasteiger partial charge is 0.309 e. The Bertz CT molecular complexity index is 633. The van der Waals surface area contributed by atoms with E-state index in [0.29, 0.717) is 38.5 Å². The Morgan fingerprint density at radius 1 is 1.19 bits per heavy atom. The van der Waals surface area contributed by atoms with Gasteiger partial charge in [-0.2, -0.15) is 0 Å². The van der Waals surface area contributed by atoms with Crippen molar-refractivity contribution in [2.45, 2.75) is 59.5 Å². The maximum Gasteiger partial charge on any atom is 0.309 e. The van der Waals surface area contributed by atoms with E-state index in [9.17, 15) is 9.59 Å². The molecule has 0 bridgehead atoms. The molecule has 5 heteroatoms. The van der Waals surface area contributed by atoms with Gasteiger partial charge < -0.3 is 14.4 Å². The number of carbonyl (C=O) groups is 2. The molecule has 0 N–H and O–H groups in total. The third-order valence-corrected chi connectivity index (χ3v) is 4.87. The Morgan fingerprint density at radius 3 is 2.42 bits per heavy atom. The number of nitrogens with zero attached hydrogens (tertiary/aromatic N) is 1. The molecule has 1 aromatic carbocycles. The molecule has 1 heterocycles. The number of aryl methyl sites for hydroxylation is 1. The van der Waals surface area contributed by atoms with Gasteiger partial charge in [0.1, 0.15) is 5.75 Å². The van der Waals surface area contributed by atoms with E-state index in [0.717, 1.165) is 16.9 Å². The van der Waals surface area contributed by atoms with Crippen molar-refractivity contribution in [1.82, 2.24) is 4.90 Å². The zero-order valence-electron chi connectivity index (χ0n) is 16.6. The van der Waals surface area contributed by atoms with Gasteiger partial charge in [-0.1, -0.05) is 26.0 Å². The van der Waals surface area contributed by atoms with E-state index in [4.69, 9.17) is 9.47 Å². The Kier molecular flexibility index (Phi) is 7.06. The maximum atomic E-state index is 12.8. The minimum absolute atomic E-state index is 0.0245. The molecule has 2 rings (SSSR count). The molecule has 1 aromatic rings. The van der Waals surface area contributed by atoms with Crippen molar-refractivity contribution in [3.8, 4) is 5.75 Å². The largest absolute Gasteiger partial charge is 0.481 e. The molecule has 1 atom stereocenters. The zero-order chi connectivity index (χ0) is 19.3. The second-order valence-corrected chi connectivity index (χ2v) is 7.31. The van der Waals surface area contributed by atoms with Crippen LogP contribution in [0.3, 0.4) is 0 Å². The third kappa shape index (κ3) is 4.99. The standard InChI is InChI=1S/C21H31NO4/c1-6-25-21(24)17-9-11-22(12-10-17)20(23)16(5)26-19-13-15(4)7-8-18(19)14(2)3/h7-8,13-14,16-17H,6,9-12H2,1-5H3/t16-/m1/s1. The first-order valence-corrected chi connectivity index (χ1v) is 9.56. The number of hydrogen-bond donors (Lipinski definition) is 0. The van der Waals surface area contributed by atoms with E-state index in [2.05, 4.69) is 26.0 Å². The fourth-order valence-corrected chi connectivity index (χ4v) is 3.31. The van der Waals surface area contributed by atoms with Crippen LogP contribution in [0.25, 0.3) is 0 Å². The topological polar surface area (TPSA) is 55.8 Å². The number of piperidine rings is 1. The molecule has 26 heavy (non-hydrogen) atoms. The van der Waals surface area contributed by atoms with Crippen LogP contribution in [0, 0.1) is 12.8 Å². The molecule has 5 nitrogen and oxygen atoms in total. The summed E-state index contributed by atoms with van der Waals surface area (Å²) in [5.74, 6) is 0.837. The van der Waals surface area contributed by atoms with Gasteiger partial charge in [-0.3, -0.25) is 9.59 Å². The molecule has 1 aliphatic rings. The molecule has 144 valence electrons. The van der Waals surface area contributed by atoms with Crippen LogP contribution < -0.4 is 4.74 Å². The molecule has 0 unspecified atom stereocenters. The monoisotopic (exact) mass is 361 g/mol. The summed E-state index contributed by atoms with van der Waals surface area (Å²) in [6.45, 7) is 11.4. The molecule has 1 aliphatic heterocycles. The quantitative estimate of drug-likeness (QED) is 0.725. The number of esters is 1. The van der Waals surface area contributed by atoms with Gasteiger partial charge in [0.25, 0.3) is 5.91 Å². The van der Waals surface area contributed by atoms with Crippen molar-refractivity contribution < 1.29 is 19.1 Å². The first-order chi connectivity index (χ1) is 12.3. The Balaban J connectivity index is 1.97. The summed E-state index contributed by atoms with van der Waals surface area (Å²) in [5.41, 5.74) is 2.22. The predicted octanol–water partition coefficient (Wildman–Crippen LogP) is 3.69. The number of benzene rings is 1. The number of likely N-dealkylation sites (tertiary alicyclic amines) is 1. The van der Waals surface area contributed by atoms with Gasteiger partial charge in [-0.05, 0) is 56.7 Å². The van der Waals surface area contributed by atoms with Crippen LogP contribution in [0.5, 0.6) is 5.75 Å². The van der Waals surface area contributed by atoms with E-state index in [1.165, 1.54) is 0 Å². The maximum absolute atomic E-state index is 12.8. The molecule has 0 spiro atoms. The Labute approximate surface area is 156 Å². The highest BCUT2D eigenvalue weighted by atomic mass is 16.5. The van der Waals surface area contributed by atoms with Gasteiger partial charge in [0, 0.05) is 13.1 Å². The summed E-state index contributed by atoms with van der Waals surface area (Å²) >= 11 is 0. The van der Waals surface area contributed by atoms with Crippen LogP contribution in [-0.2, 0) is 14.3 Å². The molecule has 0 aliphatic carbocycles. The van der Waals surface area contributed by atoms with Crippen LogP contribution in [0.15, 0.2) is 18.2 Å². The number of ether oxygens (including phenoxy) is 2. The minimum Gasteiger partial charge on any atom is -0.481 e. The van der Waals surface area contributed by atoms with Gasteiger partial charge in [-0.15, -0.1) is 0 Å². The Hall–Kier alpha value is -2.04. The fraction of sp³-hybridized carbons (Fsp3) is 0.619. The summed E-state index contributed by atoms with van der Waals surface area (Å²) in [7, 11) is 0. The number of carbonyl (C=O) groups excluding carboxylic acids is 2. The van der Waals surface area contributed by atoms with Crippen molar-refractivity contribution in [1.29, 1.82) is 0 Å². The van der Waals surface area contributed by atoms with Gasteiger partial charge in [-0.25, -0.2) is 0 Å². The lowest BCUT2D eigenvalue weighted by Gasteiger charge is -2.32. The van der Waals surface area contributed by atoms with Crippen LogP contribution >= 0.6 is 0 Å². The van der Waals surface area contributed by atoms with Gasteiger partial charge >= 0.3 is 5.97 Å². The molecular formula is C21H31NO4. The molecule has 0 saturated carbocycles. The molecular weight excluding hydrogens is 330 g/mol. The van der Waals surface area contributed by atoms with E-state index in [1.54, 1.807) is 11.8 Å². The van der Waals surface area contributed by atoms with Crippen molar-refractivity contribution in [2.24, 2.45) is 5.92 Å². The average molecular weight is 361 g/mol. The fourth-order valence-electron chi connectivity index (χ4n) is 3.31. The molecule has 1 saturated heterocycles. The molecule has 0 radical (unpaired) electrons. The van der Waals surface area contributed by atoms with Crippen LogP contribution in [0.1, 0.15) is 57.6 Å². The number of amides is 1. The summed E-state index contributed by atoms with van der Waals surface area (Å²) in [6.07, 6.45) is 0.756. The highest BCUT2D eigenvalue weighted by Gasteiger charge is 2.31. The number of rotatable bonds is 6. The SMILES string of the molecule is CCOC(=O)C1CCN(C(=O)[C@@H](C)Oc2cc(C)ccc2C(C)C)CC1. The normalized spacial score (nSPS) is 16.5. The second kappa shape index (κ2) is 9.06. The van der Waals surface area contributed by atoms with Crippen LogP contribution in [0.4, 0.5) is 0 Å². The van der Waals surface area contributed by atoms with E-state index < -0.39 is 6.10 Å². The highest BCUT2D eigenvalue weighted by molar-refractivity contribution is 5.81. The van der Waals surface area contributed by atoms with Gasteiger partial charge in [0.05, 0.1) is 12.5 Å². The molecule has 1 fully saturated rings. The number of hydrogen-bond acceptors (Lipinski definition) is 4. The lowest BCUT2D eigenvalue weighted by Crippen LogP contribution is -2.46. The van der Waals surface area contributed by atoms with Crippen molar-refractivity contribution >= 4 is 11.9 Å².